The third-order valence-corrected chi connectivity index (χ3v) is 3.57. The summed E-state index contributed by atoms with van der Waals surface area (Å²) in [5, 5.41) is 3.38. The maximum absolute atomic E-state index is 4.72. The Kier molecular flexibility index (Phi) is 2.81. The molecule has 0 saturated heterocycles. The highest BCUT2D eigenvalue weighted by atomic mass is 15.2. The lowest BCUT2D eigenvalue weighted by Crippen LogP contribution is -2.23. The van der Waals surface area contributed by atoms with E-state index in [4.69, 9.17) is 4.98 Å². The van der Waals surface area contributed by atoms with Gasteiger partial charge >= 0.3 is 0 Å². The molecule has 4 heteroatoms. The molecule has 1 N–H and O–H groups in total. The quantitative estimate of drug-likeness (QED) is 0.853. The highest BCUT2D eigenvalue weighted by Gasteiger charge is 2.26. The standard InChI is InChI=1S/C15H20N4/c1-15(2,3)13-10-19-12(7-9-17-14(19)18-13)11-6-4-5-8-16-11/h4-6,8,10,12H,7,9H2,1-3H3,(H,17,18). The molecular formula is C15H20N4. The molecule has 3 heterocycles. The van der Waals surface area contributed by atoms with E-state index in [2.05, 4.69) is 47.9 Å². The molecular weight excluding hydrogens is 236 g/mol. The first-order chi connectivity index (χ1) is 9.05. The van der Waals surface area contributed by atoms with Gasteiger partial charge in [-0.05, 0) is 18.6 Å². The highest BCUT2D eigenvalue weighted by Crippen LogP contribution is 2.31. The zero-order valence-corrected chi connectivity index (χ0v) is 11.7. The number of fused-ring (bicyclic) bond motifs is 1. The number of imidazole rings is 1. The molecule has 1 unspecified atom stereocenters. The fraction of sp³-hybridized carbons (Fsp3) is 0.467. The Balaban J connectivity index is 2.03. The summed E-state index contributed by atoms with van der Waals surface area (Å²) in [6, 6.07) is 6.39. The van der Waals surface area contributed by atoms with E-state index in [1.54, 1.807) is 0 Å². The van der Waals surface area contributed by atoms with E-state index in [0.29, 0.717) is 6.04 Å². The number of aromatic nitrogens is 3. The van der Waals surface area contributed by atoms with Crippen molar-refractivity contribution in [2.24, 2.45) is 0 Å². The molecule has 0 aromatic carbocycles. The fourth-order valence-corrected chi connectivity index (χ4v) is 2.45. The van der Waals surface area contributed by atoms with Gasteiger partial charge in [0.2, 0.25) is 5.95 Å². The van der Waals surface area contributed by atoms with Gasteiger partial charge in [-0.15, -0.1) is 0 Å². The molecule has 1 atom stereocenters. The lowest BCUT2D eigenvalue weighted by molar-refractivity contribution is 0.515. The van der Waals surface area contributed by atoms with Gasteiger partial charge in [-0.3, -0.25) is 4.98 Å². The van der Waals surface area contributed by atoms with Crippen LogP contribution in [0.4, 0.5) is 5.95 Å². The number of nitrogens with zero attached hydrogens (tertiary/aromatic N) is 3. The third-order valence-electron chi connectivity index (χ3n) is 3.57. The second kappa shape index (κ2) is 4.37. The van der Waals surface area contributed by atoms with Crippen molar-refractivity contribution in [2.75, 3.05) is 11.9 Å². The topological polar surface area (TPSA) is 42.7 Å². The average molecular weight is 256 g/mol. The molecule has 0 saturated carbocycles. The van der Waals surface area contributed by atoms with E-state index >= 15 is 0 Å². The monoisotopic (exact) mass is 256 g/mol. The van der Waals surface area contributed by atoms with Crippen molar-refractivity contribution >= 4 is 5.95 Å². The van der Waals surface area contributed by atoms with Crippen molar-refractivity contribution < 1.29 is 0 Å². The normalized spacial score (nSPS) is 18.8. The maximum Gasteiger partial charge on any atom is 0.203 e. The van der Waals surface area contributed by atoms with Crippen LogP contribution in [0.1, 0.15) is 44.6 Å². The van der Waals surface area contributed by atoms with Crippen LogP contribution < -0.4 is 5.32 Å². The number of nitrogens with one attached hydrogen (secondary N) is 1. The Morgan fingerprint density at radius 1 is 1.32 bits per heavy atom. The van der Waals surface area contributed by atoms with E-state index in [0.717, 1.165) is 30.3 Å². The molecule has 0 aliphatic carbocycles. The Morgan fingerprint density at radius 3 is 2.84 bits per heavy atom. The summed E-state index contributed by atoms with van der Waals surface area (Å²) < 4.78 is 2.23. The minimum atomic E-state index is 0.0701. The van der Waals surface area contributed by atoms with Gasteiger partial charge in [-0.1, -0.05) is 26.8 Å². The van der Waals surface area contributed by atoms with E-state index in [9.17, 15) is 0 Å². The predicted octanol–water partition coefficient (Wildman–Crippen LogP) is 2.98. The molecule has 3 rings (SSSR count). The lowest BCUT2D eigenvalue weighted by Gasteiger charge is -2.25. The van der Waals surface area contributed by atoms with Gasteiger partial charge in [-0.25, -0.2) is 4.98 Å². The minimum absolute atomic E-state index is 0.0701. The van der Waals surface area contributed by atoms with Crippen LogP contribution in [0, 0.1) is 0 Å². The maximum atomic E-state index is 4.72. The van der Waals surface area contributed by atoms with Crippen LogP contribution in [0.5, 0.6) is 0 Å². The zero-order chi connectivity index (χ0) is 13.5. The summed E-state index contributed by atoms with van der Waals surface area (Å²) in [6.45, 7) is 7.52. The van der Waals surface area contributed by atoms with Crippen molar-refractivity contribution in [3.8, 4) is 0 Å². The number of anilines is 1. The van der Waals surface area contributed by atoms with Gasteiger partial charge in [-0.2, -0.15) is 0 Å². The summed E-state index contributed by atoms with van der Waals surface area (Å²) in [5.74, 6) is 0.965. The summed E-state index contributed by atoms with van der Waals surface area (Å²) in [5.41, 5.74) is 2.31. The molecule has 0 spiro atoms. The van der Waals surface area contributed by atoms with Crippen LogP contribution in [0.15, 0.2) is 30.6 Å². The van der Waals surface area contributed by atoms with Crippen LogP contribution >= 0.6 is 0 Å². The molecule has 0 radical (unpaired) electrons. The van der Waals surface area contributed by atoms with E-state index < -0.39 is 0 Å². The van der Waals surface area contributed by atoms with Gasteiger partial charge in [0, 0.05) is 24.4 Å². The SMILES string of the molecule is CC(C)(C)c1cn2c(n1)NCCC2c1ccccn1. The third kappa shape index (κ3) is 2.23. The van der Waals surface area contributed by atoms with E-state index in [-0.39, 0.29) is 5.41 Å². The van der Waals surface area contributed by atoms with Crippen molar-refractivity contribution in [3.05, 3.63) is 42.0 Å². The number of rotatable bonds is 1. The van der Waals surface area contributed by atoms with E-state index in [1.807, 2.05) is 18.3 Å². The molecule has 100 valence electrons. The van der Waals surface area contributed by atoms with Crippen LogP contribution in [0.3, 0.4) is 0 Å². The fourth-order valence-electron chi connectivity index (χ4n) is 2.45. The molecule has 0 amide bonds. The summed E-state index contributed by atoms with van der Waals surface area (Å²) in [4.78, 5) is 9.22. The van der Waals surface area contributed by atoms with Crippen molar-refractivity contribution in [1.82, 2.24) is 14.5 Å². The van der Waals surface area contributed by atoms with Crippen LogP contribution in [-0.4, -0.2) is 21.1 Å². The smallest absolute Gasteiger partial charge is 0.203 e. The average Bonchev–Trinajstić information content (AvgIpc) is 2.83. The molecule has 2 aromatic heterocycles. The molecule has 1 aliphatic heterocycles. The van der Waals surface area contributed by atoms with Crippen molar-refractivity contribution in [2.45, 2.75) is 38.6 Å². The Labute approximate surface area is 113 Å². The highest BCUT2D eigenvalue weighted by molar-refractivity contribution is 5.36. The van der Waals surface area contributed by atoms with Gasteiger partial charge in [0.1, 0.15) is 0 Å². The van der Waals surface area contributed by atoms with Crippen LogP contribution in [0.2, 0.25) is 0 Å². The molecule has 1 aliphatic rings. The van der Waals surface area contributed by atoms with Crippen LogP contribution in [0.25, 0.3) is 0 Å². The molecule has 0 fully saturated rings. The van der Waals surface area contributed by atoms with Gasteiger partial charge in [0.15, 0.2) is 0 Å². The Bertz CT molecular complexity index is 566. The summed E-state index contributed by atoms with van der Waals surface area (Å²) in [6.07, 6.45) is 5.07. The molecule has 19 heavy (non-hydrogen) atoms. The van der Waals surface area contributed by atoms with E-state index in [1.165, 1.54) is 0 Å². The molecule has 4 nitrogen and oxygen atoms in total. The summed E-state index contributed by atoms with van der Waals surface area (Å²) >= 11 is 0. The zero-order valence-electron chi connectivity index (χ0n) is 11.7. The number of hydrogen-bond acceptors (Lipinski definition) is 3. The second-order valence-electron chi connectivity index (χ2n) is 6.09. The Hall–Kier alpha value is -1.84. The predicted molar refractivity (Wildman–Crippen MR) is 76.4 cm³/mol. The molecule has 0 bridgehead atoms. The first-order valence-corrected chi connectivity index (χ1v) is 6.80. The lowest BCUT2D eigenvalue weighted by atomic mass is 9.93. The second-order valence-corrected chi connectivity index (χ2v) is 6.09. The number of hydrogen-bond donors (Lipinski definition) is 1. The minimum Gasteiger partial charge on any atom is -0.356 e. The first kappa shape index (κ1) is 12.2. The van der Waals surface area contributed by atoms with Gasteiger partial charge in [0.05, 0.1) is 17.4 Å². The number of pyridine rings is 1. The first-order valence-electron chi connectivity index (χ1n) is 6.80. The summed E-state index contributed by atoms with van der Waals surface area (Å²) in [7, 11) is 0. The largest absolute Gasteiger partial charge is 0.356 e. The van der Waals surface area contributed by atoms with Crippen molar-refractivity contribution in [3.63, 3.8) is 0 Å². The van der Waals surface area contributed by atoms with Crippen LogP contribution in [-0.2, 0) is 5.41 Å². The molecule has 2 aromatic rings. The van der Waals surface area contributed by atoms with Gasteiger partial charge < -0.3 is 9.88 Å². The van der Waals surface area contributed by atoms with Gasteiger partial charge in [0.25, 0.3) is 0 Å². The Morgan fingerprint density at radius 2 is 2.16 bits per heavy atom. The van der Waals surface area contributed by atoms with Crippen molar-refractivity contribution in [1.29, 1.82) is 0 Å².